The first-order valence-corrected chi connectivity index (χ1v) is 10.3. The lowest BCUT2D eigenvalue weighted by Gasteiger charge is -2.32. The average Bonchev–Trinajstić information content (AvgIpc) is 2.70. The minimum atomic E-state index is -0.151. The van der Waals surface area contributed by atoms with Crippen molar-refractivity contribution in [3.8, 4) is 0 Å². The number of hydrogen-bond donors (Lipinski definition) is 1. The molecule has 1 saturated heterocycles. The second-order valence-electron chi connectivity index (χ2n) is 8.24. The highest BCUT2D eigenvalue weighted by Gasteiger charge is 2.27. The topological polar surface area (TPSA) is 32.3 Å². The summed E-state index contributed by atoms with van der Waals surface area (Å²) in [6, 6.07) is 17.2. The van der Waals surface area contributed by atoms with Crippen LogP contribution in [0, 0.1) is 17.7 Å². The number of piperidine rings is 1. The lowest BCUT2D eigenvalue weighted by molar-refractivity contribution is -0.127. The molecule has 1 atom stereocenters. The van der Waals surface area contributed by atoms with Crippen LogP contribution in [-0.4, -0.2) is 23.9 Å². The number of nitrogens with zero attached hydrogens (tertiary/aromatic N) is 1. The van der Waals surface area contributed by atoms with Gasteiger partial charge in [0, 0.05) is 18.0 Å². The molecule has 0 spiro atoms. The van der Waals surface area contributed by atoms with Crippen molar-refractivity contribution in [3.05, 3.63) is 71.5 Å². The Labute approximate surface area is 167 Å². The maximum atomic E-state index is 13.9. The Kier molecular flexibility index (Phi) is 7.21. The van der Waals surface area contributed by atoms with Crippen LogP contribution in [0.5, 0.6) is 0 Å². The van der Waals surface area contributed by atoms with Gasteiger partial charge in [-0.3, -0.25) is 9.69 Å². The molecule has 2 aromatic carbocycles. The van der Waals surface area contributed by atoms with Crippen molar-refractivity contribution < 1.29 is 9.18 Å². The second kappa shape index (κ2) is 9.83. The average molecular weight is 383 g/mol. The van der Waals surface area contributed by atoms with E-state index in [1.54, 1.807) is 6.07 Å². The summed E-state index contributed by atoms with van der Waals surface area (Å²) in [6.07, 6.45) is 2.58. The minimum Gasteiger partial charge on any atom is -0.349 e. The summed E-state index contributed by atoms with van der Waals surface area (Å²) in [6.45, 7) is 6.63. The summed E-state index contributed by atoms with van der Waals surface area (Å²) >= 11 is 0. The van der Waals surface area contributed by atoms with Gasteiger partial charge in [-0.2, -0.15) is 0 Å². The second-order valence-corrected chi connectivity index (χ2v) is 8.24. The van der Waals surface area contributed by atoms with Gasteiger partial charge >= 0.3 is 0 Å². The first-order chi connectivity index (χ1) is 13.5. The monoisotopic (exact) mass is 382 g/mol. The fourth-order valence-electron chi connectivity index (χ4n) is 3.95. The van der Waals surface area contributed by atoms with Crippen molar-refractivity contribution in [2.45, 2.75) is 45.7 Å². The zero-order valence-corrected chi connectivity index (χ0v) is 16.9. The summed E-state index contributed by atoms with van der Waals surface area (Å²) in [5.74, 6) is 0.546. The Morgan fingerprint density at radius 2 is 1.71 bits per heavy atom. The predicted octanol–water partition coefficient (Wildman–Crippen LogP) is 4.94. The normalized spacial score (nSPS) is 16.9. The number of hydrogen-bond acceptors (Lipinski definition) is 2. The third kappa shape index (κ3) is 5.65. The lowest BCUT2D eigenvalue weighted by atomic mass is 9.92. The molecular formula is C24H31FN2O. The number of amides is 1. The van der Waals surface area contributed by atoms with Gasteiger partial charge in [0.15, 0.2) is 0 Å². The molecule has 2 aromatic rings. The number of rotatable bonds is 7. The SMILES string of the molecule is CC(C)C[C@@H](NC(=O)C1CCN(Cc2ccccc2F)CC1)c1ccccc1. The molecule has 0 saturated carbocycles. The largest absolute Gasteiger partial charge is 0.349 e. The molecule has 1 fully saturated rings. The van der Waals surface area contributed by atoms with Gasteiger partial charge < -0.3 is 5.32 Å². The maximum absolute atomic E-state index is 13.9. The molecule has 3 nitrogen and oxygen atoms in total. The van der Waals surface area contributed by atoms with Crippen LogP contribution in [0.2, 0.25) is 0 Å². The molecule has 0 bridgehead atoms. The zero-order chi connectivity index (χ0) is 19.9. The van der Waals surface area contributed by atoms with E-state index in [4.69, 9.17) is 0 Å². The van der Waals surface area contributed by atoms with Crippen molar-refractivity contribution in [1.82, 2.24) is 10.2 Å². The van der Waals surface area contributed by atoms with Crippen molar-refractivity contribution in [3.63, 3.8) is 0 Å². The molecule has 1 aliphatic rings. The van der Waals surface area contributed by atoms with Crippen molar-refractivity contribution in [2.75, 3.05) is 13.1 Å². The van der Waals surface area contributed by atoms with E-state index in [1.165, 1.54) is 11.6 Å². The molecule has 3 rings (SSSR count). The quantitative estimate of drug-likeness (QED) is 0.735. The van der Waals surface area contributed by atoms with Crippen LogP contribution in [0.15, 0.2) is 54.6 Å². The van der Waals surface area contributed by atoms with Crippen LogP contribution in [0.3, 0.4) is 0 Å². The molecule has 28 heavy (non-hydrogen) atoms. The first kappa shape index (κ1) is 20.5. The zero-order valence-electron chi connectivity index (χ0n) is 16.9. The third-order valence-electron chi connectivity index (χ3n) is 5.54. The molecular weight excluding hydrogens is 351 g/mol. The molecule has 0 unspecified atom stereocenters. The van der Waals surface area contributed by atoms with E-state index in [0.717, 1.165) is 37.9 Å². The van der Waals surface area contributed by atoms with E-state index in [-0.39, 0.29) is 23.7 Å². The molecule has 150 valence electrons. The summed E-state index contributed by atoms with van der Waals surface area (Å²) in [5, 5.41) is 3.29. The molecule has 1 aliphatic heterocycles. The number of benzene rings is 2. The molecule has 1 heterocycles. The van der Waals surface area contributed by atoms with Crippen molar-refractivity contribution >= 4 is 5.91 Å². The van der Waals surface area contributed by atoms with Crippen LogP contribution in [0.1, 0.15) is 50.3 Å². The van der Waals surface area contributed by atoms with Gasteiger partial charge in [-0.25, -0.2) is 4.39 Å². The smallest absolute Gasteiger partial charge is 0.223 e. The Morgan fingerprint density at radius 3 is 2.36 bits per heavy atom. The number of halogens is 1. The number of carbonyl (C=O) groups excluding carboxylic acids is 1. The molecule has 1 N–H and O–H groups in total. The van der Waals surface area contributed by atoms with E-state index >= 15 is 0 Å². The van der Waals surface area contributed by atoms with Crippen LogP contribution >= 0.6 is 0 Å². The lowest BCUT2D eigenvalue weighted by Crippen LogP contribution is -2.41. The van der Waals surface area contributed by atoms with Gasteiger partial charge in [0.1, 0.15) is 5.82 Å². The molecule has 0 aliphatic carbocycles. The molecule has 0 aromatic heterocycles. The number of nitrogens with one attached hydrogen (secondary N) is 1. The summed E-state index contributed by atoms with van der Waals surface area (Å²) in [7, 11) is 0. The van der Waals surface area contributed by atoms with Crippen LogP contribution in [-0.2, 0) is 11.3 Å². The van der Waals surface area contributed by atoms with Gasteiger partial charge in [-0.15, -0.1) is 0 Å². The highest BCUT2D eigenvalue weighted by Crippen LogP contribution is 2.24. The molecule has 1 amide bonds. The van der Waals surface area contributed by atoms with Gasteiger partial charge in [0.05, 0.1) is 6.04 Å². The highest BCUT2D eigenvalue weighted by atomic mass is 19.1. The highest BCUT2D eigenvalue weighted by molar-refractivity contribution is 5.79. The van der Waals surface area contributed by atoms with E-state index in [2.05, 4.69) is 36.2 Å². The number of carbonyl (C=O) groups is 1. The predicted molar refractivity (Wildman–Crippen MR) is 111 cm³/mol. The van der Waals surface area contributed by atoms with Gasteiger partial charge in [0.25, 0.3) is 0 Å². The first-order valence-electron chi connectivity index (χ1n) is 10.3. The van der Waals surface area contributed by atoms with Crippen LogP contribution < -0.4 is 5.32 Å². The maximum Gasteiger partial charge on any atom is 0.223 e. The van der Waals surface area contributed by atoms with Crippen molar-refractivity contribution in [1.29, 1.82) is 0 Å². The summed E-state index contributed by atoms with van der Waals surface area (Å²) in [5.41, 5.74) is 1.90. The van der Waals surface area contributed by atoms with E-state index in [9.17, 15) is 9.18 Å². The summed E-state index contributed by atoms with van der Waals surface area (Å²) < 4.78 is 13.9. The van der Waals surface area contributed by atoms with Gasteiger partial charge in [-0.05, 0) is 49.9 Å². The fraction of sp³-hybridized carbons (Fsp3) is 0.458. The van der Waals surface area contributed by atoms with E-state index < -0.39 is 0 Å². The Morgan fingerprint density at radius 1 is 1.07 bits per heavy atom. The molecule has 0 radical (unpaired) electrons. The molecule has 4 heteroatoms. The Hall–Kier alpha value is -2.20. The fourth-order valence-corrected chi connectivity index (χ4v) is 3.95. The third-order valence-corrected chi connectivity index (χ3v) is 5.54. The minimum absolute atomic E-state index is 0.0373. The van der Waals surface area contributed by atoms with Crippen molar-refractivity contribution in [2.24, 2.45) is 11.8 Å². The van der Waals surface area contributed by atoms with Crippen LogP contribution in [0.4, 0.5) is 4.39 Å². The van der Waals surface area contributed by atoms with Gasteiger partial charge in [0.2, 0.25) is 5.91 Å². The van der Waals surface area contributed by atoms with E-state index in [0.29, 0.717) is 12.5 Å². The Bertz CT molecular complexity index is 754. The Balaban J connectivity index is 1.54. The number of likely N-dealkylation sites (tertiary alicyclic amines) is 1. The van der Waals surface area contributed by atoms with Gasteiger partial charge in [-0.1, -0.05) is 62.4 Å². The van der Waals surface area contributed by atoms with Crippen LogP contribution in [0.25, 0.3) is 0 Å². The standard InChI is InChI=1S/C24H31FN2O/c1-18(2)16-23(19-8-4-3-5-9-19)26-24(28)20-12-14-27(15-13-20)17-21-10-6-7-11-22(21)25/h3-11,18,20,23H,12-17H2,1-2H3,(H,26,28)/t23-/m1/s1. The van der Waals surface area contributed by atoms with E-state index in [1.807, 2.05) is 30.3 Å². The summed E-state index contributed by atoms with van der Waals surface area (Å²) in [4.78, 5) is 15.1.